The second-order valence-corrected chi connectivity index (χ2v) is 4.13. The Morgan fingerprint density at radius 1 is 1.16 bits per heavy atom. The molecule has 3 aromatic rings. The second-order valence-electron chi connectivity index (χ2n) is 4.13. The Labute approximate surface area is 110 Å². The third-order valence-electron chi connectivity index (χ3n) is 2.86. The maximum atomic E-state index is 4.59. The fraction of sp³-hybridized carbons (Fsp3) is 0.231. The fourth-order valence-electron chi connectivity index (χ4n) is 1.92. The highest BCUT2D eigenvalue weighted by molar-refractivity contribution is 5.53. The summed E-state index contributed by atoms with van der Waals surface area (Å²) in [4.78, 5) is 4.59. The van der Waals surface area contributed by atoms with Gasteiger partial charge in [-0.1, -0.05) is 35.5 Å². The Morgan fingerprint density at radius 3 is 2.68 bits per heavy atom. The molecule has 0 radical (unpaired) electrons. The molecule has 3 rings (SSSR count). The summed E-state index contributed by atoms with van der Waals surface area (Å²) >= 11 is 0. The molecule has 0 aliphatic carbocycles. The van der Waals surface area contributed by atoms with Crippen LogP contribution in [0.5, 0.6) is 0 Å². The van der Waals surface area contributed by atoms with Gasteiger partial charge in [-0.15, -0.1) is 5.10 Å². The van der Waals surface area contributed by atoms with Crippen LogP contribution in [-0.2, 0) is 13.1 Å². The van der Waals surface area contributed by atoms with Crippen LogP contribution in [0.3, 0.4) is 0 Å². The first-order valence-corrected chi connectivity index (χ1v) is 6.20. The number of hydrogen-bond acceptors (Lipinski definition) is 4. The molecule has 0 saturated carbocycles. The average molecular weight is 254 g/mol. The molecule has 2 heterocycles. The minimum atomic E-state index is 0.577. The van der Waals surface area contributed by atoms with Gasteiger partial charge in [0.2, 0.25) is 0 Å². The van der Waals surface area contributed by atoms with Crippen LogP contribution in [0.15, 0.2) is 42.7 Å². The van der Waals surface area contributed by atoms with Gasteiger partial charge in [-0.25, -0.2) is 14.3 Å². The Bertz CT molecular complexity index is 641. The lowest BCUT2D eigenvalue weighted by Crippen LogP contribution is -2.09. The van der Waals surface area contributed by atoms with E-state index in [1.165, 1.54) is 0 Å². The molecule has 0 unspecified atom stereocenters. The van der Waals surface area contributed by atoms with Crippen molar-refractivity contribution in [1.29, 1.82) is 0 Å². The zero-order valence-corrected chi connectivity index (χ0v) is 10.6. The number of nitrogens with zero attached hydrogens (tertiary/aromatic N) is 6. The first kappa shape index (κ1) is 11.6. The summed E-state index contributed by atoms with van der Waals surface area (Å²) < 4.78 is 3.63. The second kappa shape index (κ2) is 5.01. The smallest absolute Gasteiger partial charge is 0.181 e. The lowest BCUT2D eigenvalue weighted by atomic mass is 10.2. The van der Waals surface area contributed by atoms with Crippen LogP contribution in [0.1, 0.15) is 12.7 Å². The molecule has 0 fully saturated rings. The molecular formula is C13H14N6. The molecule has 0 amide bonds. The molecule has 6 nitrogen and oxygen atoms in total. The van der Waals surface area contributed by atoms with Crippen molar-refractivity contribution >= 4 is 0 Å². The quantitative estimate of drug-likeness (QED) is 0.709. The first-order valence-electron chi connectivity index (χ1n) is 6.20. The lowest BCUT2D eigenvalue weighted by Gasteiger charge is -2.01. The van der Waals surface area contributed by atoms with Crippen molar-refractivity contribution in [2.24, 2.45) is 0 Å². The van der Waals surface area contributed by atoms with E-state index in [2.05, 4.69) is 20.4 Å². The van der Waals surface area contributed by atoms with Crippen LogP contribution < -0.4 is 0 Å². The third-order valence-corrected chi connectivity index (χ3v) is 2.86. The van der Waals surface area contributed by atoms with E-state index in [0.29, 0.717) is 6.54 Å². The molecule has 1 aromatic carbocycles. The SMILES string of the molecule is CCn1nc(-c2ccccc2)nc1Cn1ccnn1. The highest BCUT2D eigenvalue weighted by atomic mass is 15.4. The minimum absolute atomic E-state index is 0.577. The fourth-order valence-corrected chi connectivity index (χ4v) is 1.92. The number of aromatic nitrogens is 6. The van der Waals surface area contributed by atoms with Crippen molar-refractivity contribution in [3.05, 3.63) is 48.5 Å². The summed E-state index contributed by atoms with van der Waals surface area (Å²) in [6.45, 7) is 3.41. The Morgan fingerprint density at radius 2 is 2.00 bits per heavy atom. The monoisotopic (exact) mass is 254 g/mol. The molecule has 19 heavy (non-hydrogen) atoms. The predicted octanol–water partition coefficient (Wildman–Crippen LogP) is 1.60. The summed E-state index contributed by atoms with van der Waals surface area (Å²) in [7, 11) is 0. The van der Waals surface area contributed by atoms with E-state index in [-0.39, 0.29) is 0 Å². The Kier molecular flexibility index (Phi) is 3.06. The van der Waals surface area contributed by atoms with E-state index in [9.17, 15) is 0 Å². The van der Waals surface area contributed by atoms with Crippen molar-refractivity contribution < 1.29 is 0 Å². The topological polar surface area (TPSA) is 61.4 Å². The van der Waals surface area contributed by atoms with Crippen LogP contribution in [0.25, 0.3) is 11.4 Å². The van der Waals surface area contributed by atoms with E-state index in [1.807, 2.05) is 48.1 Å². The number of benzene rings is 1. The predicted molar refractivity (Wildman–Crippen MR) is 70.3 cm³/mol. The van der Waals surface area contributed by atoms with Gasteiger partial charge < -0.3 is 0 Å². The van der Waals surface area contributed by atoms with Crippen LogP contribution in [0.4, 0.5) is 0 Å². The summed E-state index contributed by atoms with van der Waals surface area (Å²) in [5.41, 5.74) is 1.02. The average Bonchev–Trinajstić information content (AvgIpc) is 3.10. The minimum Gasteiger partial charge on any atom is -0.248 e. The van der Waals surface area contributed by atoms with Gasteiger partial charge in [0.25, 0.3) is 0 Å². The van der Waals surface area contributed by atoms with Gasteiger partial charge in [0.1, 0.15) is 12.4 Å². The summed E-state index contributed by atoms with van der Waals surface area (Å²) in [6.07, 6.45) is 3.47. The number of rotatable bonds is 4. The molecule has 0 saturated heterocycles. The van der Waals surface area contributed by atoms with Gasteiger partial charge in [0.05, 0.1) is 6.20 Å². The zero-order valence-electron chi connectivity index (χ0n) is 10.6. The van der Waals surface area contributed by atoms with Crippen molar-refractivity contribution in [3.63, 3.8) is 0 Å². The molecular weight excluding hydrogens is 240 g/mol. The lowest BCUT2D eigenvalue weighted by molar-refractivity contribution is 0.557. The van der Waals surface area contributed by atoms with Gasteiger partial charge in [-0.2, -0.15) is 5.10 Å². The van der Waals surface area contributed by atoms with E-state index in [4.69, 9.17) is 0 Å². The van der Waals surface area contributed by atoms with Crippen LogP contribution in [-0.4, -0.2) is 29.8 Å². The molecule has 0 aliphatic heterocycles. The molecule has 0 aliphatic rings. The molecule has 0 N–H and O–H groups in total. The van der Waals surface area contributed by atoms with Gasteiger partial charge in [0.15, 0.2) is 5.82 Å². The summed E-state index contributed by atoms with van der Waals surface area (Å²) in [6, 6.07) is 9.97. The van der Waals surface area contributed by atoms with Gasteiger partial charge in [0, 0.05) is 18.3 Å². The van der Waals surface area contributed by atoms with Crippen molar-refractivity contribution in [2.45, 2.75) is 20.0 Å². The van der Waals surface area contributed by atoms with Crippen LogP contribution in [0.2, 0.25) is 0 Å². The Balaban J connectivity index is 1.94. The first-order chi connectivity index (χ1) is 9.36. The highest BCUT2D eigenvalue weighted by Crippen LogP contribution is 2.15. The summed E-state index contributed by atoms with van der Waals surface area (Å²) in [5.74, 6) is 1.63. The third kappa shape index (κ3) is 2.37. The van der Waals surface area contributed by atoms with E-state index < -0.39 is 0 Å². The molecule has 0 atom stereocenters. The van der Waals surface area contributed by atoms with Gasteiger partial charge >= 0.3 is 0 Å². The number of hydrogen-bond donors (Lipinski definition) is 0. The van der Waals surface area contributed by atoms with Gasteiger partial charge in [-0.3, -0.25) is 0 Å². The normalized spacial score (nSPS) is 10.8. The van der Waals surface area contributed by atoms with E-state index in [0.717, 1.165) is 23.8 Å². The van der Waals surface area contributed by atoms with E-state index >= 15 is 0 Å². The van der Waals surface area contributed by atoms with Crippen molar-refractivity contribution in [1.82, 2.24) is 29.8 Å². The summed E-state index contributed by atoms with van der Waals surface area (Å²) in [5, 5.41) is 12.3. The zero-order chi connectivity index (χ0) is 13.1. The molecule has 0 spiro atoms. The standard InChI is InChI=1S/C13H14N6/c1-2-19-12(10-18-9-8-14-17-18)15-13(16-19)11-6-4-3-5-7-11/h3-9H,2,10H2,1H3. The number of aryl methyl sites for hydroxylation is 1. The Hall–Kier alpha value is -2.50. The van der Waals surface area contributed by atoms with E-state index in [1.54, 1.807) is 10.9 Å². The van der Waals surface area contributed by atoms with Crippen molar-refractivity contribution in [3.8, 4) is 11.4 Å². The largest absolute Gasteiger partial charge is 0.248 e. The van der Waals surface area contributed by atoms with Crippen LogP contribution >= 0.6 is 0 Å². The molecule has 0 bridgehead atoms. The van der Waals surface area contributed by atoms with Gasteiger partial charge in [-0.05, 0) is 6.92 Å². The molecule has 96 valence electrons. The molecule has 2 aromatic heterocycles. The molecule has 6 heteroatoms. The highest BCUT2D eigenvalue weighted by Gasteiger charge is 2.11. The van der Waals surface area contributed by atoms with Crippen LogP contribution in [0, 0.1) is 0 Å². The maximum absolute atomic E-state index is 4.59. The maximum Gasteiger partial charge on any atom is 0.181 e. The van der Waals surface area contributed by atoms with Crippen molar-refractivity contribution in [2.75, 3.05) is 0 Å².